The van der Waals surface area contributed by atoms with Crippen LogP contribution in [0.1, 0.15) is 32.4 Å². The van der Waals surface area contributed by atoms with Crippen molar-refractivity contribution in [2.75, 3.05) is 19.5 Å². The Morgan fingerprint density at radius 2 is 1.54 bits per heavy atom. The first-order valence-electron chi connectivity index (χ1n) is 7.93. The van der Waals surface area contributed by atoms with E-state index in [0.717, 1.165) is 22.7 Å². The minimum atomic E-state index is -0.180. The van der Waals surface area contributed by atoms with Crippen molar-refractivity contribution in [3.63, 3.8) is 0 Å². The molecule has 0 heterocycles. The molecular weight excluding hydrogens is 300 g/mol. The number of rotatable bonds is 5. The minimum Gasteiger partial charge on any atom is -0.497 e. The van der Waals surface area contributed by atoms with Crippen molar-refractivity contribution in [2.24, 2.45) is 0 Å². The van der Waals surface area contributed by atoms with Crippen LogP contribution < -0.4 is 14.8 Å². The first-order valence-corrected chi connectivity index (χ1v) is 7.93. The van der Waals surface area contributed by atoms with E-state index in [1.165, 1.54) is 0 Å². The molecule has 126 valence electrons. The first-order chi connectivity index (χ1) is 11.4. The number of ether oxygens (including phenoxy) is 2. The summed E-state index contributed by atoms with van der Waals surface area (Å²) in [6.45, 7) is 6.16. The predicted molar refractivity (Wildman–Crippen MR) is 99.4 cm³/mol. The second-order valence-electron chi connectivity index (χ2n) is 6.50. The van der Waals surface area contributed by atoms with E-state index in [4.69, 9.17) is 9.47 Å². The molecule has 2 rings (SSSR count). The van der Waals surface area contributed by atoms with E-state index < -0.39 is 0 Å². The van der Waals surface area contributed by atoms with Gasteiger partial charge >= 0.3 is 6.07 Å². The van der Waals surface area contributed by atoms with Crippen LogP contribution in [0.2, 0.25) is 0 Å². The Kier molecular flexibility index (Phi) is 5.70. The molecule has 4 heteroatoms. The molecule has 2 aromatic carbocycles. The lowest BCUT2D eigenvalue weighted by Crippen LogP contribution is -2.11. The summed E-state index contributed by atoms with van der Waals surface area (Å²) in [4.78, 5) is 4.54. The van der Waals surface area contributed by atoms with Crippen LogP contribution in [0.15, 0.2) is 48.5 Å². The number of hydrogen-bond acceptors (Lipinski definition) is 3. The summed E-state index contributed by atoms with van der Waals surface area (Å²) in [5.41, 5.74) is 1.80. The average molecular weight is 325 g/mol. The standard InChI is InChI=1S/C20H25N2O2/c1-20(2,3)21-14-19(15-9-7-6-8-10-15)22-16-11-17(23-4)13-18(12-16)24-5/h6-13,19,22H,1-5H3/q+1. The number of benzene rings is 2. The Hall–Kier alpha value is -2.67. The molecule has 0 aliphatic rings. The topological polar surface area (TPSA) is 34.8 Å². The average Bonchev–Trinajstić information content (AvgIpc) is 2.58. The quantitative estimate of drug-likeness (QED) is 0.841. The fraction of sp³-hybridized carbons (Fsp3) is 0.350. The Morgan fingerprint density at radius 3 is 2.04 bits per heavy atom. The highest BCUT2D eigenvalue weighted by Crippen LogP contribution is 2.28. The third-order valence-electron chi connectivity index (χ3n) is 3.32. The zero-order valence-corrected chi connectivity index (χ0v) is 15.0. The second-order valence-corrected chi connectivity index (χ2v) is 6.50. The lowest BCUT2D eigenvalue weighted by Gasteiger charge is -2.14. The van der Waals surface area contributed by atoms with Gasteiger partial charge in [-0.15, -0.1) is 0 Å². The van der Waals surface area contributed by atoms with Crippen molar-refractivity contribution >= 4 is 5.69 Å². The zero-order valence-electron chi connectivity index (χ0n) is 15.0. The number of nitrogens with zero attached hydrogens (tertiary/aromatic N) is 1. The van der Waals surface area contributed by atoms with E-state index in [1.54, 1.807) is 14.2 Å². The number of anilines is 1. The summed E-state index contributed by atoms with van der Waals surface area (Å²) in [6.07, 6.45) is 0. The van der Waals surface area contributed by atoms with Gasteiger partial charge in [0.2, 0.25) is 0 Å². The van der Waals surface area contributed by atoms with E-state index in [-0.39, 0.29) is 11.6 Å². The molecule has 0 saturated carbocycles. The van der Waals surface area contributed by atoms with Gasteiger partial charge in [-0.2, -0.15) is 0 Å². The van der Waals surface area contributed by atoms with Gasteiger partial charge in [-0.1, -0.05) is 35.2 Å². The van der Waals surface area contributed by atoms with Crippen LogP contribution in [-0.4, -0.2) is 19.8 Å². The number of nitrogens with one attached hydrogen (secondary N) is 1. The van der Waals surface area contributed by atoms with Crippen molar-refractivity contribution in [2.45, 2.75) is 32.4 Å². The van der Waals surface area contributed by atoms with Gasteiger partial charge in [0.1, 0.15) is 11.5 Å². The fourth-order valence-corrected chi connectivity index (χ4v) is 2.15. The summed E-state index contributed by atoms with van der Waals surface area (Å²) in [5.74, 6) is 1.47. The molecule has 0 aliphatic heterocycles. The van der Waals surface area contributed by atoms with Gasteiger partial charge in [-0.25, -0.2) is 0 Å². The third-order valence-corrected chi connectivity index (χ3v) is 3.32. The SMILES string of the molecule is COc1cc(NC(C#[N+]C(C)(C)C)c2ccccc2)cc(OC)c1. The summed E-state index contributed by atoms with van der Waals surface area (Å²) in [7, 11) is 3.28. The van der Waals surface area contributed by atoms with E-state index in [9.17, 15) is 0 Å². The molecule has 2 aromatic rings. The molecule has 0 amide bonds. The van der Waals surface area contributed by atoms with E-state index >= 15 is 0 Å². The van der Waals surface area contributed by atoms with Crippen molar-refractivity contribution in [3.8, 4) is 17.6 Å². The molecule has 24 heavy (non-hydrogen) atoms. The molecule has 0 aliphatic carbocycles. The lowest BCUT2D eigenvalue weighted by molar-refractivity contribution is 0.394. The molecule has 0 bridgehead atoms. The van der Waals surface area contributed by atoms with Crippen LogP contribution >= 0.6 is 0 Å². The molecule has 0 radical (unpaired) electrons. The van der Waals surface area contributed by atoms with Crippen LogP contribution in [0.25, 0.3) is 4.85 Å². The Balaban J connectivity index is 2.36. The molecule has 1 N–H and O–H groups in total. The highest BCUT2D eigenvalue weighted by atomic mass is 16.5. The lowest BCUT2D eigenvalue weighted by atomic mass is 10.1. The summed E-state index contributed by atoms with van der Waals surface area (Å²) in [6, 6.07) is 18.9. The Labute approximate surface area is 144 Å². The first kappa shape index (κ1) is 17.7. The minimum absolute atomic E-state index is 0.165. The van der Waals surface area contributed by atoms with E-state index in [2.05, 4.69) is 49.1 Å². The second kappa shape index (κ2) is 7.74. The number of hydrogen-bond donors (Lipinski definition) is 1. The van der Waals surface area contributed by atoms with Gasteiger partial charge < -0.3 is 14.8 Å². The van der Waals surface area contributed by atoms with Crippen molar-refractivity contribution in [1.29, 1.82) is 0 Å². The summed E-state index contributed by atoms with van der Waals surface area (Å²) < 4.78 is 10.7. The van der Waals surface area contributed by atoms with Crippen LogP contribution in [-0.2, 0) is 0 Å². The number of methoxy groups -OCH3 is 2. The van der Waals surface area contributed by atoms with E-state index in [1.807, 2.05) is 36.4 Å². The van der Waals surface area contributed by atoms with E-state index in [0.29, 0.717) is 0 Å². The van der Waals surface area contributed by atoms with Gasteiger partial charge in [0.25, 0.3) is 5.54 Å². The maximum absolute atomic E-state index is 5.34. The molecule has 0 fully saturated rings. The highest BCUT2D eigenvalue weighted by molar-refractivity contribution is 5.56. The Bertz CT molecular complexity index is 703. The van der Waals surface area contributed by atoms with Gasteiger partial charge in [0.15, 0.2) is 6.04 Å². The summed E-state index contributed by atoms with van der Waals surface area (Å²) >= 11 is 0. The molecule has 1 atom stereocenters. The molecule has 0 aromatic heterocycles. The maximum atomic E-state index is 5.34. The van der Waals surface area contributed by atoms with Crippen molar-refractivity contribution in [3.05, 3.63) is 58.9 Å². The fourth-order valence-electron chi connectivity index (χ4n) is 2.15. The maximum Gasteiger partial charge on any atom is 0.303 e. The van der Waals surface area contributed by atoms with Crippen LogP contribution in [0, 0.1) is 6.07 Å². The molecule has 1 unspecified atom stereocenters. The van der Waals surface area contributed by atoms with Crippen LogP contribution in [0.4, 0.5) is 5.69 Å². The van der Waals surface area contributed by atoms with Gasteiger partial charge in [-0.05, 0) is 5.56 Å². The Morgan fingerprint density at radius 1 is 0.958 bits per heavy atom. The molecule has 0 spiro atoms. The van der Waals surface area contributed by atoms with Crippen molar-refractivity contribution in [1.82, 2.24) is 0 Å². The monoisotopic (exact) mass is 325 g/mol. The molecule has 0 saturated heterocycles. The van der Waals surface area contributed by atoms with Crippen LogP contribution in [0.3, 0.4) is 0 Å². The molecular formula is C20H25N2O2+. The predicted octanol–water partition coefficient (Wildman–Crippen LogP) is 4.99. The van der Waals surface area contributed by atoms with Gasteiger partial charge in [0.05, 0.1) is 14.2 Å². The smallest absolute Gasteiger partial charge is 0.303 e. The van der Waals surface area contributed by atoms with Gasteiger partial charge in [0, 0.05) is 44.7 Å². The normalized spacial score (nSPS) is 11.9. The van der Waals surface area contributed by atoms with Gasteiger partial charge in [-0.3, -0.25) is 0 Å². The zero-order chi connectivity index (χ0) is 17.6. The third kappa shape index (κ3) is 5.20. The largest absolute Gasteiger partial charge is 0.497 e. The molecule has 4 nitrogen and oxygen atoms in total. The van der Waals surface area contributed by atoms with Crippen LogP contribution in [0.5, 0.6) is 11.5 Å². The highest BCUT2D eigenvalue weighted by Gasteiger charge is 2.22. The summed E-state index contributed by atoms with van der Waals surface area (Å²) in [5, 5.41) is 3.45. The van der Waals surface area contributed by atoms with Crippen molar-refractivity contribution < 1.29 is 9.47 Å².